The van der Waals surface area contributed by atoms with E-state index in [0.717, 1.165) is 23.7 Å². The van der Waals surface area contributed by atoms with Gasteiger partial charge in [-0.2, -0.15) is 0 Å². The molecular weight excluding hydrogens is 278 g/mol. The second kappa shape index (κ2) is 7.16. The predicted octanol–water partition coefficient (Wildman–Crippen LogP) is 3.30. The Morgan fingerprint density at radius 3 is 2.86 bits per heavy atom. The highest BCUT2D eigenvalue weighted by Gasteiger charge is 2.11. The molecule has 0 amide bonds. The van der Waals surface area contributed by atoms with Gasteiger partial charge >= 0.3 is 0 Å². The Morgan fingerprint density at radius 1 is 1.19 bits per heavy atom. The molecule has 1 aromatic carbocycles. The minimum Gasteiger partial charge on any atom is -0.330 e. The molecule has 2 heterocycles. The van der Waals surface area contributed by atoms with Gasteiger partial charge in [0.25, 0.3) is 0 Å². The molecule has 1 fully saturated rings. The summed E-state index contributed by atoms with van der Waals surface area (Å²) in [6.07, 6.45) is 4.94. The van der Waals surface area contributed by atoms with E-state index in [-0.39, 0.29) is 0 Å². The third kappa shape index (κ3) is 3.90. The molecule has 0 atom stereocenters. The van der Waals surface area contributed by atoms with Crippen molar-refractivity contribution in [2.24, 2.45) is 5.73 Å². The van der Waals surface area contributed by atoms with Crippen LogP contribution >= 0.6 is 11.3 Å². The van der Waals surface area contributed by atoms with Crippen molar-refractivity contribution in [3.05, 3.63) is 40.9 Å². The van der Waals surface area contributed by atoms with Crippen molar-refractivity contribution in [1.29, 1.82) is 0 Å². The van der Waals surface area contributed by atoms with Crippen molar-refractivity contribution in [3.63, 3.8) is 0 Å². The lowest BCUT2D eigenvalue weighted by atomic mass is 10.1. The van der Waals surface area contributed by atoms with Gasteiger partial charge in [-0.3, -0.25) is 4.90 Å². The monoisotopic (exact) mass is 301 g/mol. The maximum absolute atomic E-state index is 5.60. The van der Waals surface area contributed by atoms with Crippen LogP contribution < -0.4 is 5.73 Å². The molecule has 2 aromatic rings. The SMILES string of the molecule is NCCc1csc(-c2cccc(CN3CCCCC3)c2)n1. The van der Waals surface area contributed by atoms with Crippen LogP contribution in [0.3, 0.4) is 0 Å². The zero-order valence-electron chi connectivity index (χ0n) is 12.4. The van der Waals surface area contributed by atoms with Crippen LogP contribution in [-0.4, -0.2) is 29.5 Å². The smallest absolute Gasteiger partial charge is 0.123 e. The fraction of sp³-hybridized carbons (Fsp3) is 0.471. The van der Waals surface area contributed by atoms with E-state index in [1.165, 1.54) is 43.5 Å². The van der Waals surface area contributed by atoms with Crippen molar-refractivity contribution in [2.75, 3.05) is 19.6 Å². The molecule has 0 unspecified atom stereocenters. The second-order valence-corrected chi connectivity index (χ2v) is 6.58. The Kier molecular flexibility index (Phi) is 5.01. The highest BCUT2D eigenvalue weighted by Crippen LogP contribution is 2.25. The van der Waals surface area contributed by atoms with Gasteiger partial charge in [0.1, 0.15) is 5.01 Å². The first kappa shape index (κ1) is 14.7. The van der Waals surface area contributed by atoms with Gasteiger partial charge in [-0.15, -0.1) is 11.3 Å². The Morgan fingerprint density at radius 2 is 2.05 bits per heavy atom. The molecule has 21 heavy (non-hydrogen) atoms. The lowest BCUT2D eigenvalue weighted by Gasteiger charge is -2.26. The number of thiazole rings is 1. The third-order valence-electron chi connectivity index (χ3n) is 3.98. The summed E-state index contributed by atoms with van der Waals surface area (Å²) in [5.74, 6) is 0. The zero-order valence-corrected chi connectivity index (χ0v) is 13.2. The van der Waals surface area contributed by atoms with Crippen LogP contribution in [0.1, 0.15) is 30.5 Å². The number of rotatable bonds is 5. The number of likely N-dealkylation sites (tertiary alicyclic amines) is 1. The summed E-state index contributed by atoms with van der Waals surface area (Å²) in [6, 6.07) is 8.83. The summed E-state index contributed by atoms with van der Waals surface area (Å²) in [5, 5.41) is 3.23. The van der Waals surface area contributed by atoms with E-state index in [1.807, 2.05) is 0 Å². The maximum Gasteiger partial charge on any atom is 0.123 e. The van der Waals surface area contributed by atoms with E-state index in [9.17, 15) is 0 Å². The van der Waals surface area contributed by atoms with Crippen LogP contribution in [0.25, 0.3) is 10.6 Å². The van der Waals surface area contributed by atoms with Crippen molar-refractivity contribution in [2.45, 2.75) is 32.2 Å². The lowest BCUT2D eigenvalue weighted by Crippen LogP contribution is -2.29. The van der Waals surface area contributed by atoms with Gasteiger partial charge in [-0.1, -0.05) is 24.6 Å². The largest absolute Gasteiger partial charge is 0.330 e. The van der Waals surface area contributed by atoms with Crippen molar-refractivity contribution in [3.8, 4) is 10.6 Å². The summed E-state index contributed by atoms with van der Waals surface area (Å²) in [6.45, 7) is 4.21. The van der Waals surface area contributed by atoms with E-state index >= 15 is 0 Å². The van der Waals surface area contributed by atoms with Gasteiger partial charge in [0.05, 0.1) is 5.69 Å². The van der Waals surface area contributed by atoms with Crippen molar-refractivity contribution < 1.29 is 0 Å². The van der Waals surface area contributed by atoms with Crippen LogP contribution in [0.4, 0.5) is 0 Å². The molecule has 3 nitrogen and oxygen atoms in total. The Hall–Kier alpha value is -1.23. The lowest BCUT2D eigenvalue weighted by molar-refractivity contribution is 0.221. The zero-order chi connectivity index (χ0) is 14.5. The molecule has 1 aliphatic rings. The number of aromatic nitrogens is 1. The van der Waals surface area contributed by atoms with E-state index in [2.05, 4.69) is 39.5 Å². The first-order valence-electron chi connectivity index (χ1n) is 7.81. The number of benzene rings is 1. The number of nitrogens with zero attached hydrogens (tertiary/aromatic N) is 2. The predicted molar refractivity (Wildman–Crippen MR) is 89.4 cm³/mol. The molecule has 3 rings (SSSR count). The van der Waals surface area contributed by atoms with Gasteiger partial charge in [-0.05, 0) is 44.1 Å². The second-order valence-electron chi connectivity index (χ2n) is 5.72. The van der Waals surface area contributed by atoms with Crippen LogP contribution in [0.2, 0.25) is 0 Å². The molecule has 0 bridgehead atoms. The first-order chi connectivity index (χ1) is 10.3. The summed E-state index contributed by atoms with van der Waals surface area (Å²) in [4.78, 5) is 7.24. The van der Waals surface area contributed by atoms with E-state index in [1.54, 1.807) is 11.3 Å². The van der Waals surface area contributed by atoms with Crippen LogP contribution in [0, 0.1) is 0 Å². The summed E-state index contributed by atoms with van der Waals surface area (Å²) >= 11 is 1.72. The molecule has 0 radical (unpaired) electrons. The van der Waals surface area contributed by atoms with E-state index < -0.39 is 0 Å². The normalized spacial score (nSPS) is 16.2. The van der Waals surface area contributed by atoms with Crippen LogP contribution in [0.15, 0.2) is 29.6 Å². The average Bonchev–Trinajstić information content (AvgIpc) is 2.98. The van der Waals surface area contributed by atoms with Gasteiger partial charge < -0.3 is 5.73 Å². The minimum absolute atomic E-state index is 0.665. The summed E-state index contributed by atoms with van der Waals surface area (Å²) in [5.41, 5.74) is 9.33. The number of hydrogen-bond donors (Lipinski definition) is 1. The third-order valence-corrected chi connectivity index (χ3v) is 4.92. The highest BCUT2D eigenvalue weighted by atomic mass is 32.1. The number of nitrogens with two attached hydrogens (primary N) is 1. The fourth-order valence-corrected chi connectivity index (χ4v) is 3.73. The van der Waals surface area contributed by atoms with Crippen LogP contribution in [-0.2, 0) is 13.0 Å². The molecule has 0 spiro atoms. The van der Waals surface area contributed by atoms with Crippen molar-refractivity contribution >= 4 is 11.3 Å². The number of hydrogen-bond acceptors (Lipinski definition) is 4. The van der Waals surface area contributed by atoms with Gasteiger partial charge in [-0.25, -0.2) is 4.98 Å². The molecule has 0 saturated carbocycles. The molecular formula is C17H23N3S. The molecule has 1 aliphatic heterocycles. The van der Waals surface area contributed by atoms with Gasteiger partial charge in [0, 0.05) is 23.9 Å². The average molecular weight is 301 g/mol. The molecule has 2 N–H and O–H groups in total. The minimum atomic E-state index is 0.665. The quantitative estimate of drug-likeness (QED) is 0.921. The van der Waals surface area contributed by atoms with Crippen LogP contribution in [0.5, 0.6) is 0 Å². The Bertz CT molecular complexity index is 573. The molecule has 112 valence electrons. The first-order valence-corrected chi connectivity index (χ1v) is 8.69. The van der Waals surface area contributed by atoms with Gasteiger partial charge in [0.2, 0.25) is 0 Å². The standard InChI is InChI=1S/C17H23N3S/c18-8-7-16-13-21-17(19-16)15-6-4-5-14(11-15)12-20-9-2-1-3-10-20/h4-6,11,13H,1-3,7-10,12,18H2. The summed E-state index contributed by atoms with van der Waals surface area (Å²) < 4.78 is 0. The van der Waals surface area contributed by atoms with Crippen molar-refractivity contribution in [1.82, 2.24) is 9.88 Å². The highest BCUT2D eigenvalue weighted by molar-refractivity contribution is 7.13. The van der Waals surface area contributed by atoms with E-state index in [0.29, 0.717) is 6.54 Å². The maximum atomic E-state index is 5.60. The topological polar surface area (TPSA) is 42.1 Å². The number of piperidine rings is 1. The molecule has 1 aromatic heterocycles. The van der Waals surface area contributed by atoms with E-state index in [4.69, 9.17) is 5.73 Å². The summed E-state index contributed by atoms with van der Waals surface area (Å²) in [7, 11) is 0. The Labute approximate surface area is 130 Å². The fourth-order valence-electron chi connectivity index (χ4n) is 2.88. The molecule has 4 heteroatoms. The molecule has 1 saturated heterocycles. The van der Waals surface area contributed by atoms with Gasteiger partial charge in [0.15, 0.2) is 0 Å². The Balaban J connectivity index is 1.72. The molecule has 0 aliphatic carbocycles.